The number of aliphatic hydroxyl groups is 2. The van der Waals surface area contributed by atoms with Crippen LogP contribution >= 0.6 is 0 Å². The van der Waals surface area contributed by atoms with Crippen LogP contribution in [0.4, 0.5) is 0 Å². The number of esters is 2. The van der Waals surface area contributed by atoms with Crippen LogP contribution in [0.2, 0.25) is 0 Å². The zero-order valence-corrected chi connectivity index (χ0v) is 17.8. The summed E-state index contributed by atoms with van der Waals surface area (Å²) in [6.45, 7) is -1.94. The molecule has 9 nitrogen and oxygen atoms in total. The van der Waals surface area contributed by atoms with Crippen LogP contribution in [0.5, 0.6) is 17.2 Å². The maximum atomic E-state index is 12.4. The average Bonchev–Trinajstić information content (AvgIpc) is 3.13. The third-order valence-electron chi connectivity index (χ3n) is 5.94. The van der Waals surface area contributed by atoms with E-state index in [4.69, 9.17) is 23.7 Å². The van der Waals surface area contributed by atoms with E-state index in [1.807, 2.05) is 0 Å². The zero-order valence-electron chi connectivity index (χ0n) is 17.8. The summed E-state index contributed by atoms with van der Waals surface area (Å²) in [5.41, 5.74) is 1.69. The van der Waals surface area contributed by atoms with Gasteiger partial charge in [-0.25, -0.2) is 4.79 Å². The molecule has 1 heterocycles. The van der Waals surface area contributed by atoms with Gasteiger partial charge in [-0.3, -0.25) is 4.79 Å². The molecule has 2 aromatic carbocycles. The Morgan fingerprint density at radius 3 is 2.50 bits per heavy atom. The van der Waals surface area contributed by atoms with E-state index in [-0.39, 0.29) is 42.4 Å². The summed E-state index contributed by atoms with van der Waals surface area (Å²) in [6.07, 6.45) is 2.12. The van der Waals surface area contributed by atoms with Crippen molar-refractivity contribution in [2.45, 2.75) is 32.3 Å². The highest BCUT2D eigenvalue weighted by Crippen LogP contribution is 2.48. The van der Waals surface area contributed by atoms with Crippen LogP contribution in [0.15, 0.2) is 30.3 Å². The molecule has 1 aliphatic heterocycles. The molecule has 0 unspecified atom stereocenters. The lowest BCUT2D eigenvalue weighted by Crippen LogP contribution is -2.44. The number of benzene rings is 2. The number of aliphatic hydroxyl groups excluding tert-OH is 1. The van der Waals surface area contributed by atoms with Gasteiger partial charge in [-0.1, -0.05) is 12.5 Å². The van der Waals surface area contributed by atoms with Gasteiger partial charge in [-0.2, -0.15) is 0 Å². The van der Waals surface area contributed by atoms with Gasteiger partial charge in [0.05, 0.1) is 19.8 Å². The quantitative estimate of drug-likeness (QED) is 0.467. The minimum atomic E-state index is -2.12. The Bertz CT molecular complexity index is 1040. The number of cyclic esters (lactones) is 1. The van der Waals surface area contributed by atoms with Crippen LogP contribution < -0.4 is 14.2 Å². The number of carbonyl (C=O) groups is 2. The van der Waals surface area contributed by atoms with Crippen LogP contribution in [-0.2, 0) is 20.9 Å². The Kier molecular flexibility index (Phi) is 5.94. The van der Waals surface area contributed by atoms with Gasteiger partial charge in [0.15, 0.2) is 11.5 Å². The molecule has 0 atom stereocenters. The summed E-state index contributed by atoms with van der Waals surface area (Å²) in [7, 11) is 2.75. The van der Waals surface area contributed by atoms with E-state index in [0.717, 1.165) is 12.0 Å². The second-order valence-corrected chi connectivity index (χ2v) is 7.78. The van der Waals surface area contributed by atoms with E-state index in [0.29, 0.717) is 29.5 Å². The fourth-order valence-electron chi connectivity index (χ4n) is 4.03. The summed E-state index contributed by atoms with van der Waals surface area (Å²) < 4.78 is 26.7. The van der Waals surface area contributed by atoms with Crippen molar-refractivity contribution < 1.29 is 43.5 Å². The van der Waals surface area contributed by atoms with Crippen molar-refractivity contribution in [2.24, 2.45) is 5.41 Å². The molecular formula is C23H24O9. The zero-order chi connectivity index (χ0) is 22.9. The fraction of sp³-hybridized carbons (Fsp3) is 0.391. The maximum Gasteiger partial charge on any atom is 0.338 e. The van der Waals surface area contributed by atoms with Gasteiger partial charge < -0.3 is 33.9 Å². The molecule has 1 saturated carbocycles. The second kappa shape index (κ2) is 8.68. The normalized spacial score (nSPS) is 16.1. The Balaban J connectivity index is 1.78. The summed E-state index contributed by atoms with van der Waals surface area (Å²) in [5.74, 6) is -0.358. The van der Waals surface area contributed by atoms with Gasteiger partial charge in [0.1, 0.15) is 18.6 Å². The molecule has 170 valence electrons. The van der Waals surface area contributed by atoms with Crippen molar-refractivity contribution in [3.63, 3.8) is 0 Å². The number of methoxy groups -OCH3 is 2. The lowest BCUT2D eigenvalue weighted by Gasteiger charge is -2.38. The Labute approximate surface area is 184 Å². The highest BCUT2D eigenvalue weighted by Gasteiger charge is 2.46. The molecule has 4 rings (SSSR count). The molecular weight excluding hydrogens is 420 g/mol. The topological polar surface area (TPSA) is 121 Å². The van der Waals surface area contributed by atoms with Gasteiger partial charge in [0.2, 0.25) is 5.75 Å². The van der Waals surface area contributed by atoms with Crippen LogP contribution in [0.25, 0.3) is 11.1 Å². The largest absolute Gasteiger partial charge is 0.493 e. The van der Waals surface area contributed by atoms with Gasteiger partial charge in [0.25, 0.3) is 0 Å². The molecule has 1 aliphatic carbocycles. The van der Waals surface area contributed by atoms with Gasteiger partial charge in [-0.05, 0) is 42.7 Å². The first kappa shape index (κ1) is 21.9. The highest BCUT2D eigenvalue weighted by molar-refractivity contribution is 5.94. The van der Waals surface area contributed by atoms with Gasteiger partial charge >= 0.3 is 18.4 Å². The number of rotatable bonds is 8. The molecule has 2 aliphatic rings. The van der Waals surface area contributed by atoms with Crippen molar-refractivity contribution in [1.82, 2.24) is 0 Å². The number of hydrogen-bond acceptors (Lipinski definition) is 9. The number of fused-ring (bicyclic) bond motifs is 1. The predicted octanol–water partition coefficient (Wildman–Crippen LogP) is 2.40. The van der Waals surface area contributed by atoms with Crippen molar-refractivity contribution >= 4 is 11.9 Å². The van der Waals surface area contributed by atoms with Crippen molar-refractivity contribution in [3.8, 4) is 28.4 Å². The van der Waals surface area contributed by atoms with E-state index < -0.39 is 11.9 Å². The minimum absolute atomic E-state index is 0.0181. The monoisotopic (exact) mass is 444 g/mol. The third kappa shape index (κ3) is 3.85. The first-order valence-corrected chi connectivity index (χ1v) is 10.1. The highest BCUT2D eigenvalue weighted by atomic mass is 16.7. The standard InChI is InChI=1S/C23H24O9/c1-28-17-7-6-15(13-4-5-16-14(10-13)11-30-20(16)24)18(19(17)32-22(26)27)31-12-23(8-3-9-23)21(25)29-2/h4-7,10,22,26-27H,3,8-9,11-12H2,1-2H3. The molecule has 0 bridgehead atoms. The first-order chi connectivity index (χ1) is 15.4. The summed E-state index contributed by atoms with van der Waals surface area (Å²) in [6, 6.07) is 8.54. The lowest BCUT2D eigenvalue weighted by atomic mass is 9.69. The molecule has 32 heavy (non-hydrogen) atoms. The van der Waals surface area contributed by atoms with Crippen molar-refractivity contribution in [1.29, 1.82) is 0 Å². The molecule has 0 saturated heterocycles. The van der Waals surface area contributed by atoms with Crippen LogP contribution in [0.3, 0.4) is 0 Å². The van der Waals surface area contributed by atoms with Crippen LogP contribution in [-0.4, -0.2) is 49.5 Å². The third-order valence-corrected chi connectivity index (χ3v) is 5.94. The number of ether oxygens (including phenoxy) is 5. The maximum absolute atomic E-state index is 12.4. The molecule has 0 amide bonds. The number of hydrogen-bond donors (Lipinski definition) is 2. The molecule has 1 fully saturated rings. The molecule has 0 aromatic heterocycles. The molecule has 2 N–H and O–H groups in total. The lowest BCUT2D eigenvalue weighted by molar-refractivity contribution is -0.181. The molecule has 0 spiro atoms. The first-order valence-electron chi connectivity index (χ1n) is 10.1. The predicted molar refractivity (Wildman–Crippen MR) is 110 cm³/mol. The Hall–Kier alpha value is -3.30. The number of carbonyl (C=O) groups excluding carboxylic acids is 2. The van der Waals surface area contributed by atoms with E-state index >= 15 is 0 Å². The van der Waals surface area contributed by atoms with E-state index in [2.05, 4.69) is 0 Å². The smallest absolute Gasteiger partial charge is 0.338 e. The minimum Gasteiger partial charge on any atom is -0.493 e. The van der Waals surface area contributed by atoms with Crippen LogP contribution in [0.1, 0.15) is 35.2 Å². The Morgan fingerprint density at radius 1 is 1.12 bits per heavy atom. The molecule has 0 radical (unpaired) electrons. The van der Waals surface area contributed by atoms with E-state index in [1.54, 1.807) is 30.3 Å². The Morgan fingerprint density at radius 2 is 1.88 bits per heavy atom. The van der Waals surface area contributed by atoms with Crippen LogP contribution in [0, 0.1) is 5.41 Å². The summed E-state index contributed by atoms with van der Waals surface area (Å²) in [4.78, 5) is 24.2. The molecule has 2 aromatic rings. The van der Waals surface area contributed by atoms with Crippen molar-refractivity contribution in [2.75, 3.05) is 20.8 Å². The van der Waals surface area contributed by atoms with E-state index in [1.165, 1.54) is 14.2 Å². The second-order valence-electron chi connectivity index (χ2n) is 7.78. The van der Waals surface area contributed by atoms with E-state index in [9.17, 15) is 19.8 Å². The molecule has 9 heteroatoms. The SMILES string of the molecule is COC(=O)C1(COc2c(-c3ccc4c(c3)COC4=O)ccc(OC)c2OC(O)O)CCC1. The van der Waals surface area contributed by atoms with Crippen molar-refractivity contribution in [3.05, 3.63) is 41.5 Å². The van der Waals surface area contributed by atoms with Gasteiger partial charge in [-0.15, -0.1) is 0 Å². The fourth-order valence-corrected chi connectivity index (χ4v) is 4.03. The summed E-state index contributed by atoms with van der Waals surface area (Å²) in [5, 5.41) is 18.9. The van der Waals surface area contributed by atoms with Gasteiger partial charge in [0, 0.05) is 11.1 Å². The average molecular weight is 444 g/mol. The summed E-state index contributed by atoms with van der Waals surface area (Å²) >= 11 is 0.